The fourth-order valence-electron chi connectivity index (χ4n) is 2.97. The number of ether oxygens (including phenoxy) is 3. The van der Waals surface area contributed by atoms with Gasteiger partial charge in [0.1, 0.15) is 0 Å². The third-order valence-corrected chi connectivity index (χ3v) is 5.35. The summed E-state index contributed by atoms with van der Waals surface area (Å²) < 4.78 is 15.6. The summed E-state index contributed by atoms with van der Waals surface area (Å²) in [6, 6.07) is 7.81. The molecule has 0 fully saturated rings. The molecule has 3 amide bonds. The summed E-state index contributed by atoms with van der Waals surface area (Å²) in [4.78, 5) is 36.9. The van der Waals surface area contributed by atoms with Gasteiger partial charge in [0, 0.05) is 18.4 Å². The number of halogens is 2. The van der Waals surface area contributed by atoms with E-state index in [-0.39, 0.29) is 35.3 Å². The van der Waals surface area contributed by atoms with Crippen LogP contribution in [0.25, 0.3) is 0 Å². The van der Waals surface area contributed by atoms with E-state index >= 15 is 0 Å². The molecule has 1 unspecified atom stereocenters. The first-order chi connectivity index (χ1) is 15.7. The Kier molecular flexibility index (Phi) is 9.62. The van der Waals surface area contributed by atoms with Crippen LogP contribution in [0.4, 0.5) is 5.69 Å². The number of benzene rings is 2. The van der Waals surface area contributed by atoms with Gasteiger partial charge in [-0.1, -0.05) is 36.2 Å². The number of amides is 3. The van der Waals surface area contributed by atoms with Crippen LogP contribution in [0.3, 0.4) is 0 Å². The van der Waals surface area contributed by atoms with E-state index in [1.165, 1.54) is 33.5 Å². The second kappa shape index (κ2) is 12.2. The number of hydrazine groups is 1. The van der Waals surface area contributed by atoms with Crippen LogP contribution in [0.2, 0.25) is 10.0 Å². The molecular weight excluding hydrogens is 473 g/mol. The van der Waals surface area contributed by atoms with Crippen molar-refractivity contribution in [3.8, 4) is 17.2 Å². The first kappa shape index (κ1) is 26.1. The zero-order chi connectivity index (χ0) is 24.5. The minimum absolute atomic E-state index is 0.00618. The Morgan fingerprint density at radius 2 is 1.52 bits per heavy atom. The van der Waals surface area contributed by atoms with E-state index in [0.717, 1.165) is 0 Å². The molecule has 178 valence electrons. The van der Waals surface area contributed by atoms with E-state index in [4.69, 9.17) is 37.4 Å². The van der Waals surface area contributed by atoms with Crippen LogP contribution >= 0.6 is 23.2 Å². The van der Waals surface area contributed by atoms with Crippen molar-refractivity contribution in [2.45, 2.75) is 19.8 Å². The van der Waals surface area contributed by atoms with Crippen molar-refractivity contribution in [1.29, 1.82) is 0 Å². The average molecular weight is 498 g/mol. The summed E-state index contributed by atoms with van der Waals surface area (Å²) in [6.07, 6.45) is 0.0727. The molecule has 0 aliphatic heterocycles. The monoisotopic (exact) mass is 497 g/mol. The summed E-state index contributed by atoms with van der Waals surface area (Å²) in [6.45, 7) is 1.74. The average Bonchev–Trinajstić information content (AvgIpc) is 2.79. The molecule has 2 aromatic rings. The summed E-state index contributed by atoms with van der Waals surface area (Å²) in [5.74, 6) is -0.727. The highest BCUT2D eigenvalue weighted by Gasteiger charge is 2.19. The fraction of sp³-hybridized carbons (Fsp3) is 0.318. The van der Waals surface area contributed by atoms with Crippen molar-refractivity contribution in [3.05, 3.63) is 45.9 Å². The Hall–Kier alpha value is -3.17. The summed E-state index contributed by atoms with van der Waals surface area (Å²) in [7, 11) is 4.31. The predicted octanol–water partition coefficient (Wildman–Crippen LogP) is 3.84. The van der Waals surface area contributed by atoms with E-state index in [0.29, 0.717) is 28.0 Å². The van der Waals surface area contributed by atoms with Gasteiger partial charge < -0.3 is 19.5 Å². The lowest BCUT2D eigenvalue weighted by atomic mass is 10.0. The Bertz CT molecular complexity index is 1010. The molecule has 0 aliphatic rings. The highest BCUT2D eigenvalue weighted by Crippen LogP contribution is 2.38. The first-order valence-corrected chi connectivity index (χ1v) is 10.6. The molecule has 0 heterocycles. The van der Waals surface area contributed by atoms with Crippen LogP contribution in [0.5, 0.6) is 17.2 Å². The van der Waals surface area contributed by atoms with Crippen molar-refractivity contribution in [1.82, 2.24) is 10.9 Å². The van der Waals surface area contributed by atoms with Crippen LogP contribution < -0.4 is 30.4 Å². The number of rotatable bonds is 9. The maximum absolute atomic E-state index is 12.4. The third kappa shape index (κ3) is 7.16. The van der Waals surface area contributed by atoms with Crippen LogP contribution in [0.1, 0.15) is 30.1 Å². The fourth-order valence-corrected chi connectivity index (χ4v) is 3.32. The van der Waals surface area contributed by atoms with Crippen molar-refractivity contribution in [2.75, 3.05) is 26.6 Å². The minimum atomic E-state index is -0.580. The zero-order valence-corrected chi connectivity index (χ0v) is 20.1. The number of anilines is 1. The Morgan fingerprint density at radius 1 is 0.909 bits per heavy atom. The number of hydrogen-bond acceptors (Lipinski definition) is 6. The normalized spacial score (nSPS) is 11.2. The third-order valence-electron chi connectivity index (χ3n) is 4.54. The summed E-state index contributed by atoms with van der Waals surface area (Å²) in [5, 5.41) is 3.23. The van der Waals surface area contributed by atoms with Gasteiger partial charge in [0.25, 0.3) is 5.91 Å². The predicted molar refractivity (Wildman–Crippen MR) is 125 cm³/mol. The van der Waals surface area contributed by atoms with Gasteiger partial charge in [-0.2, -0.15) is 0 Å². The molecule has 1 atom stereocenters. The molecule has 0 aliphatic carbocycles. The standard InChI is InChI=1S/C22H25Cl2N3O6/c1-12(8-18(28)25-15-7-5-6-14(23)20(15)24)9-19(29)26-27-22(30)13-10-16(31-2)21(33-4)17(11-13)32-3/h5-7,10-12H,8-9H2,1-4H3,(H,25,28)(H,26,29)(H,27,30). The summed E-state index contributed by atoms with van der Waals surface area (Å²) in [5.41, 5.74) is 5.24. The quantitative estimate of drug-likeness (QED) is 0.453. The van der Waals surface area contributed by atoms with Gasteiger partial charge in [0.2, 0.25) is 17.6 Å². The Labute approximate surface area is 201 Å². The number of nitrogens with one attached hydrogen (secondary N) is 3. The van der Waals surface area contributed by atoms with Gasteiger partial charge in [0.15, 0.2) is 11.5 Å². The lowest BCUT2D eigenvalue weighted by Crippen LogP contribution is -2.42. The van der Waals surface area contributed by atoms with Crippen LogP contribution in [-0.4, -0.2) is 39.1 Å². The van der Waals surface area contributed by atoms with Crippen molar-refractivity contribution in [3.63, 3.8) is 0 Å². The highest BCUT2D eigenvalue weighted by molar-refractivity contribution is 6.44. The smallest absolute Gasteiger partial charge is 0.269 e. The van der Waals surface area contributed by atoms with Gasteiger partial charge in [0.05, 0.1) is 37.1 Å². The summed E-state index contributed by atoms with van der Waals surface area (Å²) >= 11 is 12.0. The molecule has 0 aromatic heterocycles. The Morgan fingerprint density at radius 3 is 2.09 bits per heavy atom. The molecule has 9 nitrogen and oxygen atoms in total. The number of hydrogen-bond donors (Lipinski definition) is 3. The van der Waals surface area contributed by atoms with E-state index in [9.17, 15) is 14.4 Å². The van der Waals surface area contributed by atoms with Gasteiger partial charge in [-0.3, -0.25) is 25.2 Å². The molecule has 0 saturated heterocycles. The first-order valence-electron chi connectivity index (χ1n) is 9.83. The molecule has 0 spiro atoms. The van der Waals surface area contributed by atoms with E-state index in [1.54, 1.807) is 25.1 Å². The number of carbonyl (C=O) groups excluding carboxylic acids is 3. The maximum Gasteiger partial charge on any atom is 0.269 e. The second-order valence-corrected chi connectivity index (χ2v) is 7.86. The van der Waals surface area contributed by atoms with Crippen molar-refractivity contribution in [2.24, 2.45) is 5.92 Å². The van der Waals surface area contributed by atoms with E-state index in [2.05, 4.69) is 16.2 Å². The molecule has 2 aromatic carbocycles. The molecule has 0 radical (unpaired) electrons. The van der Waals surface area contributed by atoms with E-state index < -0.39 is 11.8 Å². The molecular formula is C22H25Cl2N3O6. The molecule has 3 N–H and O–H groups in total. The topological polar surface area (TPSA) is 115 Å². The lowest BCUT2D eigenvalue weighted by Gasteiger charge is -2.15. The molecule has 0 bridgehead atoms. The maximum atomic E-state index is 12.4. The lowest BCUT2D eigenvalue weighted by molar-refractivity contribution is -0.123. The zero-order valence-electron chi connectivity index (χ0n) is 18.6. The van der Waals surface area contributed by atoms with Gasteiger partial charge in [-0.05, 0) is 30.2 Å². The number of carbonyl (C=O) groups is 3. The molecule has 0 saturated carbocycles. The molecule has 2 rings (SSSR count). The van der Waals surface area contributed by atoms with Gasteiger partial charge in [-0.15, -0.1) is 0 Å². The largest absolute Gasteiger partial charge is 0.493 e. The SMILES string of the molecule is COc1cc(C(=O)NNC(=O)CC(C)CC(=O)Nc2cccc(Cl)c2Cl)cc(OC)c1OC. The molecule has 33 heavy (non-hydrogen) atoms. The van der Waals surface area contributed by atoms with Gasteiger partial charge in [-0.25, -0.2) is 0 Å². The number of methoxy groups -OCH3 is 3. The van der Waals surface area contributed by atoms with Gasteiger partial charge >= 0.3 is 0 Å². The Balaban J connectivity index is 1.88. The van der Waals surface area contributed by atoms with Crippen molar-refractivity contribution < 1.29 is 28.6 Å². The van der Waals surface area contributed by atoms with Crippen LogP contribution in [-0.2, 0) is 9.59 Å². The van der Waals surface area contributed by atoms with E-state index in [1.807, 2.05) is 0 Å². The van der Waals surface area contributed by atoms with Crippen LogP contribution in [0, 0.1) is 5.92 Å². The molecule has 11 heteroatoms. The second-order valence-electron chi connectivity index (χ2n) is 7.08. The highest BCUT2D eigenvalue weighted by atomic mass is 35.5. The van der Waals surface area contributed by atoms with Crippen molar-refractivity contribution >= 4 is 46.6 Å². The van der Waals surface area contributed by atoms with Crippen LogP contribution in [0.15, 0.2) is 30.3 Å². The minimum Gasteiger partial charge on any atom is -0.493 e.